The highest BCUT2D eigenvalue weighted by atomic mass is 19.1. The molecule has 0 aliphatic carbocycles. The Morgan fingerprint density at radius 2 is 1.95 bits per heavy atom. The summed E-state index contributed by atoms with van der Waals surface area (Å²) in [5, 5.41) is 3.09. The third kappa shape index (κ3) is 4.96. The molecule has 3 N–H and O–H groups in total. The number of nitrogens with zero attached hydrogens (tertiary/aromatic N) is 2. The number of morpholine rings is 1. The van der Waals surface area contributed by atoms with Crippen LogP contribution in [0.25, 0.3) is 0 Å². The highest BCUT2D eigenvalue weighted by Gasteiger charge is 2.22. The first-order valence-corrected chi connectivity index (χ1v) is 7.70. The van der Waals surface area contributed by atoms with Gasteiger partial charge >= 0.3 is 0 Å². The van der Waals surface area contributed by atoms with Crippen LogP contribution in [0.1, 0.15) is 25.5 Å². The molecule has 1 aromatic rings. The molecule has 5 nitrogen and oxygen atoms in total. The van der Waals surface area contributed by atoms with Crippen molar-refractivity contribution < 1.29 is 9.13 Å². The van der Waals surface area contributed by atoms with Gasteiger partial charge in [-0.2, -0.15) is 0 Å². The topological polar surface area (TPSA) is 62.9 Å². The Balaban J connectivity index is 2.12. The van der Waals surface area contributed by atoms with Gasteiger partial charge in [0.25, 0.3) is 0 Å². The van der Waals surface area contributed by atoms with Gasteiger partial charge in [0.15, 0.2) is 5.96 Å². The normalized spacial score (nSPS) is 18.5. The van der Waals surface area contributed by atoms with Gasteiger partial charge in [0, 0.05) is 19.1 Å². The molecule has 1 aliphatic rings. The molecule has 2 rings (SSSR count). The fraction of sp³-hybridized carbons (Fsp3) is 0.562. The Labute approximate surface area is 131 Å². The van der Waals surface area contributed by atoms with Crippen molar-refractivity contribution in [1.29, 1.82) is 0 Å². The van der Waals surface area contributed by atoms with Crippen LogP contribution in [-0.4, -0.2) is 49.7 Å². The van der Waals surface area contributed by atoms with E-state index in [0.717, 1.165) is 18.7 Å². The quantitative estimate of drug-likeness (QED) is 0.639. The second-order valence-corrected chi connectivity index (χ2v) is 5.74. The summed E-state index contributed by atoms with van der Waals surface area (Å²) in [5.74, 6) is 0.212. The van der Waals surface area contributed by atoms with Crippen molar-refractivity contribution in [2.75, 3.05) is 32.8 Å². The molecule has 0 spiro atoms. The molecule has 1 heterocycles. The molecule has 1 unspecified atom stereocenters. The van der Waals surface area contributed by atoms with Gasteiger partial charge in [-0.1, -0.05) is 12.1 Å². The average Bonchev–Trinajstić information content (AvgIpc) is 2.49. The third-order valence-electron chi connectivity index (χ3n) is 3.61. The maximum atomic E-state index is 13.2. The summed E-state index contributed by atoms with van der Waals surface area (Å²) in [6.45, 7) is 7.67. The first-order chi connectivity index (χ1) is 10.6. The zero-order chi connectivity index (χ0) is 15.9. The summed E-state index contributed by atoms with van der Waals surface area (Å²) in [6.07, 6.45) is 0. The van der Waals surface area contributed by atoms with Crippen LogP contribution in [0, 0.1) is 5.82 Å². The van der Waals surface area contributed by atoms with Gasteiger partial charge in [-0.3, -0.25) is 9.89 Å². The van der Waals surface area contributed by atoms with Crippen LogP contribution in [0.5, 0.6) is 0 Å². The number of hydrogen-bond donors (Lipinski definition) is 2. The van der Waals surface area contributed by atoms with Crippen LogP contribution < -0.4 is 11.1 Å². The number of halogens is 1. The van der Waals surface area contributed by atoms with Crippen molar-refractivity contribution in [3.8, 4) is 0 Å². The van der Waals surface area contributed by atoms with E-state index in [9.17, 15) is 4.39 Å². The van der Waals surface area contributed by atoms with Crippen LogP contribution in [0.4, 0.5) is 4.39 Å². The Kier molecular flexibility index (Phi) is 6.15. The lowest BCUT2D eigenvalue weighted by molar-refractivity contribution is 0.0179. The number of nitrogens with two attached hydrogens (primary N) is 1. The molecule has 0 bridgehead atoms. The van der Waals surface area contributed by atoms with Crippen molar-refractivity contribution in [2.45, 2.75) is 25.9 Å². The summed E-state index contributed by atoms with van der Waals surface area (Å²) < 4.78 is 18.6. The molecule has 1 aliphatic heterocycles. The van der Waals surface area contributed by atoms with Gasteiger partial charge in [0.1, 0.15) is 5.82 Å². The number of guanidine groups is 1. The second kappa shape index (κ2) is 8.10. The number of benzene rings is 1. The maximum Gasteiger partial charge on any atom is 0.188 e. The average molecular weight is 308 g/mol. The predicted octanol–water partition coefficient (Wildman–Crippen LogP) is 1.51. The van der Waals surface area contributed by atoms with Crippen LogP contribution >= 0.6 is 0 Å². The van der Waals surface area contributed by atoms with Crippen molar-refractivity contribution in [2.24, 2.45) is 10.7 Å². The number of aliphatic imine (C=N–C) groups is 1. The van der Waals surface area contributed by atoms with Gasteiger partial charge in [-0.25, -0.2) is 4.39 Å². The SMILES string of the molecule is CC(C)NC(N)=NCC(c1ccc(F)cc1)N1CCOCC1. The molecule has 1 saturated heterocycles. The van der Waals surface area contributed by atoms with Gasteiger partial charge in [0.2, 0.25) is 0 Å². The van der Waals surface area contributed by atoms with E-state index in [1.54, 1.807) is 0 Å². The second-order valence-electron chi connectivity index (χ2n) is 5.74. The minimum atomic E-state index is -0.228. The molecular formula is C16H25FN4O. The highest BCUT2D eigenvalue weighted by molar-refractivity contribution is 5.78. The predicted molar refractivity (Wildman–Crippen MR) is 86.3 cm³/mol. The number of hydrogen-bond acceptors (Lipinski definition) is 3. The van der Waals surface area contributed by atoms with E-state index < -0.39 is 0 Å². The first-order valence-electron chi connectivity index (χ1n) is 7.70. The minimum absolute atomic E-state index is 0.0806. The number of nitrogens with one attached hydrogen (secondary N) is 1. The molecule has 6 heteroatoms. The molecule has 0 aromatic heterocycles. The van der Waals surface area contributed by atoms with Crippen LogP contribution in [0.2, 0.25) is 0 Å². The zero-order valence-electron chi connectivity index (χ0n) is 13.3. The van der Waals surface area contributed by atoms with Crippen LogP contribution in [0.3, 0.4) is 0 Å². The minimum Gasteiger partial charge on any atom is -0.379 e. The summed E-state index contributed by atoms with van der Waals surface area (Å²) in [4.78, 5) is 6.75. The van der Waals surface area contributed by atoms with E-state index in [-0.39, 0.29) is 17.9 Å². The van der Waals surface area contributed by atoms with Crippen molar-refractivity contribution in [1.82, 2.24) is 10.2 Å². The Morgan fingerprint density at radius 1 is 1.32 bits per heavy atom. The van der Waals surface area contributed by atoms with Crippen molar-refractivity contribution in [3.63, 3.8) is 0 Å². The summed E-state index contributed by atoms with van der Waals surface area (Å²) >= 11 is 0. The lowest BCUT2D eigenvalue weighted by atomic mass is 10.0. The smallest absolute Gasteiger partial charge is 0.188 e. The molecule has 0 amide bonds. The number of rotatable bonds is 5. The molecule has 122 valence electrons. The van der Waals surface area contributed by atoms with E-state index in [1.165, 1.54) is 12.1 Å². The Morgan fingerprint density at radius 3 is 2.55 bits per heavy atom. The van der Waals surface area contributed by atoms with E-state index in [4.69, 9.17) is 10.5 Å². The van der Waals surface area contributed by atoms with Gasteiger partial charge in [0.05, 0.1) is 25.8 Å². The first kappa shape index (κ1) is 16.7. The van der Waals surface area contributed by atoms with E-state index in [2.05, 4.69) is 15.2 Å². The summed E-state index contributed by atoms with van der Waals surface area (Å²) in [6, 6.07) is 6.94. The summed E-state index contributed by atoms with van der Waals surface area (Å²) in [7, 11) is 0. The van der Waals surface area contributed by atoms with Gasteiger partial charge in [-0.05, 0) is 31.5 Å². The fourth-order valence-electron chi connectivity index (χ4n) is 2.53. The molecular weight excluding hydrogens is 283 g/mol. The van der Waals surface area contributed by atoms with E-state index >= 15 is 0 Å². The molecule has 1 fully saturated rings. The molecule has 0 radical (unpaired) electrons. The lowest BCUT2D eigenvalue weighted by Crippen LogP contribution is -2.41. The van der Waals surface area contributed by atoms with Gasteiger partial charge in [-0.15, -0.1) is 0 Å². The van der Waals surface area contributed by atoms with E-state index in [1.807, 2.05) is 26.0 Å². The number of ether oxygens (including phenoxy) is 1. The standard InChI is InChI=1S/C16H25FN4O/c1-12(2)20-16(18)19-11-15(21-7-9-22-10-8-21)13-3-5-14(17)6-4-13/h3-6,12,15H,7-11H2,1-2H3,(H3,18,19,20). The maximum absolute atomic E-state index is 13.2. The Hall–Kier alpha value is -1.66. The molecule has 22 heavy (non-hydrogen) atoms. The van der Waals surface area contributed by atoms with E-state index in [0.29, 0.717) is 25.7 Å². The van der Waals surface area contributed by atoms with Crippen molar-refractivity contribution >= 4 is 5.96 Å². The third-order valence-corrected chi connectivity index (χ3v) is 3.61. The highest BCUT2D eigenvalue weighted by Crippen LogP contribution is 2.22. The van der Waals surface area contributed by atoms with Gasteiger partial charge < -0.3 is 15.8 Å². The molecule has 1 atom stereocenters. The summed E-state index contributed by atoms with van der Waals surface area (Å²) in [5.41, 5.74) is 6.94. The van der Waals surface area contributed by atoms with Crippen molar-refractivity contribution in [3.05, 3.63) is 35.6 Å². The lowest BCUT2D eigenvalue weighted by Gasteiger charge is -2.34. The van der Waals surface area contributed by atoms with Crippen LogP contribution in [-0.2, 0) is 4.74 Å². The monoisotopic (exact) mass is 308 g/mol. The molecule has 0 saturated carbocycles. The van der Waals surface area contributed by atoms with Crippen LogP contribution in [0.15, 0.2) is 29.3 Å². The largest absolute Gasteiger partial charge is 0.379 e. The molecule has 1 aromatic carbocycles. The fourth-order valence-corrected chi connectivity index (χ4v) is 2.53. The zero-order valence-corrected chi connectivity index (χ0v) is 13.3. The Bertz CT molecular complexity index is 483.